The summed E-state index contributed by atoms with van der Waals surface area (Å²) in [6.07, 6.45) is -8.50. The Hall–Kier alpha value is -3.85. The molecule has 3 aromatic rings. The van der Waals surface area contributed by atoms with E-state index in [0.717, 1.165) is 12.1 Å². The van der Waals surface area contributed by atoms with Crippen molar-refractivity contribution in [3.05, 3.63) is 69.9 Å². The number of hydrogen-bond donors (Lipinski definition) is 1. The van der Waals surface area contributed by atoms with E-state index in [1.807, 2.05) is 0 Å². The van der Waals surface area contributed by atoms with Crippen LogP contribution in [0.4, 0.5) is 38.0 Å². The second-order valence-corrected chi connectivity index (χ2v) is 9.47. The summed E-state index contributed by atoms with van der Waals surface area (Å²) in [4.78, 5) is 21.5. The van der Waals surface area contributed by atoms with Gasteiger partial charge in [0.15, 0.2) is 0 Å². The Morgan fingerprint density at radius 3 is 2.46 bits per heavy atom. The zero-order valence-electron chi connectivity index (χ0n) is 20.1. The predicted molar refractivity (Wildman–Crippen MR) is 132 cm³/mol. The minimum Gasteiger partial charge on any atom is -0.383 e. The summed E-state index contributed by atoms with van der Waals surface area (Å²) < 4.78 is 80.3. The number of carbonyl (C=O) groups is 1. The van der Waals surface area contributed by atoms with Crippen LogP contribution in [0.25, 0.3) is 11.3 Å². The SMILES string of the molecule is N#Cc1c(C(F)(F)F)cc(-c2ccccc2Cl)nc1N1CCCC(Cc2ccc(C(=O)C(F)(F)F)c(N)n2)C1. The predicted octanol–water partition coefficient (Wildman–Crippen LogP) is 6.47. The van der Waals surface area contributed by atoms with E-state index in [-0.39, 0.29) is 41.0 Å². The zero-order chi connectivity index (χ0) is 28.5. The molecule has 39 heavy (non-hydrogen) atoms. The lowest BCUT2D eigenvalue weighted by molar-refractivity contribution is -0.137. The lowest BCUT2D eigenvalue weighted by atomic mass is 9.92. The molecule has 1 saturated heterocycles. The van der Waals surface area contributed by atoms with Crippen LogP contribution in [0.3, 0.4) is 0 Å². The van der Waals surface area contributed by atoms with Crippen LogP contribution in [0.2, 0.25) is 5.02 Å². The number of piperidine rings is 1. The van der Waals surface area contributed by atoms with Crippen molar-refractivity contribution in [3.8, 4) is 17.3 Å². The maximum atomic E-state index is 14.0. The number of carbonyl (C=O) groups excluding carboxylic acids is 1. The molecule has 2 aromatic heterocycles. The maximum Gasteiger partial charge on any atom is 0.455 e. The van der Waals surface area contributed by atoms with E-state index in [1.165, 1.54) is 18.2 Å². The number of anilines is 2. The molecular weight excluding hydrogens is 548 g/mol. The van der Waals surface area contributed by atoms with E-state index in [4.69, 9.17) is 17.3 Å². The molecule has 1 unspecified atom stereocenters. The second kappa shape index (κ2) is 10.7. The summed E-state index contributed by atoms with van der Waals surface area (Å²) in [7, 11) is 0. The van der Waals surface area contributed by atoms with Crippen molar-refractivity contribution in [1.29, 1.82) is 5.26 Å². The lowest BCUT2D eigenvalue weighted by Crippen LogP contribution is -2.38. The molecule has 1 aliphatic rings. The van der Waals surface area contributed by atoms with Crippen molar-refractivity contribution in [1.82, 2.24) is 9.97 Å². The van der Waals surface area contributed by atoms with E-state index >= 15 is 0 Å². The largest absolute Gasteiger partial charge is 0.455 e. The Kier molecular flexibility index (Phi) is 7.75. The minimum absolute atomic E-state index is 0.0385. The smallest absolute Gasteiger partial charge is 0.383 e. The second-order valence-electron chi connectivity index (χ2n) is 9.06. The summed E-state index contributed by atoms with van der Waals surface area (Å²) in [6, 6.07) is 11.0. The van der Waals surface area contributed by atoms with Crippen LogP contribution in [0.1, 0.15) is 40.0 Å². The molecule has 0 aliphatic carbocycles. The van der Waals surface area contributed by atoms with E-state index in [1.54, 1.807) is 23.1 Å². The van der Waals surface area contributed by atoms with Crippen LogP contribution >= 0.6 is 11.6 Å². The fourth-order valence-electron chi connectivity index (χ4n) is 4.60. The van der Waals surface area contributed by atoms with Gasteiger partial charge in [0.05, 0.1) is 16.8 Å². The monoisotopic (exact) mass is 567 g/mol. The van der Waals surface area contributed by atoms with E-state index < -0.39 is 40.6 Å². The molecule has 3 heterocycles. The number of nitriles is 1. The normalized spacial score (nSPS) is 16.2. The number of nitrogens with zero attached hydrogens (tertiary/aromatic N) is 4. The Balaban J connectivity index is 1.66. The number of nitrogens with two attached hydrogens (primary N) is 1. The summed E-state index contributed by atoms with van der Waals surface area (Å²) in [5.74, 6) is -2.98. The quantitative estimate of drug-likeness (QED) is 0.280. The Morgan fingerprint density at radius 1 is 1.13 bits per heavy atom. The molecule has 0 bridgehead atoms. The van der Waals surface area contributed by atoms with Crippen molar-refractivity contribution in [2.45, 2.75) is 31.6 Å². The molecule has 13 heteroatoms. The van der Waals surface area contributed by atoms with Crippen molar-refractivity contribution >= 4 is 29.0 Å². The molecule has 6 nitrogen and oxygen atoms in total. The van der Waals surface area contributed by atoms with E-state index in [9.17, 15) is 36.4 Å². The van der Waals surface area contributed by atoms with Crippen LogP contribution in [0, 0.1) is 17.2 Å². The van der Waals surface area contributed by atoms with Gasteiger partial charge in [-0.2, -0.15) is 31.6 Å². The number of benzene rings is 1. The summed E-state index contributed by atoms with van der Waals surface area (Å²) >= 11 is 6.22. The first-order chi connectivity index (χ1) is 18.3. The number of aromatic nitrogens is 2. The molecule has 0 radical (unpaired) electrons. The first kappa shape index (κ1) is 28.2. The van der Waals surface area contributed by atoms with Crippen LogP contribution in [0.5, 0.6) is 0 Å². The lowest BCUT2D eigenvalue weighted by Gasteiger charge is -2.34. The average molecular weight is 568 g/mol. The summed E-state index contributed by atoms with van der Waals surface area (Å²) in [5.41, 5.74) is 3.68. The first-order valence-corrected chi connectivity index (χ1v) is 12.1. The third kappa shape index (κ3) is 6.09. The van der Waals surface area contributed by atoms with Crippen LogP contribution in [0.15, 0.2) is 42.5 Å². The highest BCUT2D eigenvalue weighted by Gasteiger charge is 2.41. The van der Waals surface area contributed by atoms with Crippen molar-refractivity contribution in [2.24, 2.45) is 5.92 Å². The summed E-state index contributed by atoms with van der Waals surface area (Å²) in [5, 5.41) is 9.89. The minimum atomic E-state index is -5.10. The fraction of sp³-hybridized carbons (Fsp3) is 0.308. The van der Waals surface area contributed by atoms with Crippen molar-refractivity contribution < 1.29 is 31.1 Å². The summed E-state index contributed by atoms with van der Waals surface area (Å²) in [6.45, 7) is 0.534. The van der Waals surface area contributed by atoms with Gasteiger partial charge in [-0.25, -0.2) is 9.97 Å². The van der Waals surface area contributed by atoms with Gasteiger partial charge in [0, 0.05) is 29.4 Å². The third-order valence-electron chi connectivity index (χ3n) is 6.37. The van der Waals surface area contributed by atoms with Crippen LogP contribution < -0.4 is 10.6 Å². The van der Waals surface area contributed by atoms with Gasteiger partial charge in [0.25, 0.3) is 5.78 Å². The molecular formula is C26H20ClF6N5O. The zero-order valence-corrected chi connectivity index (χ0v) is 20.8. The van der Waals surface area contributed by atoms with Crippen molar-refractivity contribution in [2.75, 3.05) is 23.7 Å². The van der Waals surface area contributed by atoms with Gasteiger partial charge in [0.1, 0.15) is 23.3 Å². The number of halogens is 7. The number of pyridine rings is 2. The first-order valence-electron chi connectivity index (χ1n) is 11.7. The Bertz CT molecular complexity index is 1450. The highest BCUT2D eigenvalue weighted by molar-refractivity contribution is 6.33. The number of Topliss-reactive ketones (excluding diaryl/α,β-unsaturated/α-hetero) is 1. The third-order valence-corrected chi connectivity index (χ3v) is 6.70. The molecule has 1 fully saturated rings. The fourth-order valence-corrected chi connectivity index (χ4v) is 4.83. The standard InChI is InChI=1S/C26H20ClF6N5O/c27-20-6-2-1-5-16(20)21-11-19(25(28,29)30)18(12-34)24(37-21)38-9-3-4-14(13-38)10-15-7-8-17(23(35)36-15)22(39)26(31,32)33/h1-2,5-8,11,14H,3-4,9-10,13H2,(H2,35,36). The highest BCUT2D eigenvalue weighted by Crippen LogP contribution is 2.40. The Labute approximate surface area is 224 Å². The van der Waals surface area contributed by atoms with Gasteiger partial charge in [-0.1, -0.05) is 29.8 Å². The average Bonchev–Trinajstić information content (AvgIpc) is 2.87. The number of nitrogen functional groups attached to an aromatic ring is 1. The van der Waals surface area contributed by atoms with E-state index in [2.05, 4.69) is 9.97 Å². The molecule has 1 atom stereocenters. The molecule has 2 N–H and O–H groups in total. The maximum absolute atomic E-state index is 14.0. The molecule has 0 spiro atoms. The highest BCUT2D eigenvalue weighted by atomic mass is 35.5. The van der Waals surface area contributed by atoms with Crippen LogP contribution in [-0.4, -0.2) is 35.0 Å². The van der Waals surface area contributed by atoms with Crippen LogP contribution in [-0.2, 0) is 12.6 Å². The Morgan fingerprint density at radius 2 is 1.85 bits per heavy atom. The molecule has 1 aromatic carbocycles. The molecule has 0 amide bonds. The molecule has 0 saturated carbocycles. The van der Waals surface area contributed by atoms with Gasteiger partial charge in [-0.05, 0) is 49.4 Å². The van der Waals surface area contributed by atoms with E-state index in [0.29, 0.717) is 25.1 Å². The van der Waals surface area contributed by atoms with Gasteiger partial charge in [-0.3, -0.25) is 4.79 Å². The topological polar surface area (TPSA) is 95.9 Å². The van der Waals surface area contributed by atoms with Crippen molar-refractivity contribution in [3.63, 3.8) is 0 Å². The van der Waals surface area contributed by atoms with Gasteiger partial charge < -0.3 is 10.6 Å². The number of alkyl halides is 6. The number of ketones is 1. The number of hydrogen-bond acceptors (Lipinski definition) is 6. The molecule has 1 aliphatic heterocycles. The van der Waals surface area contributed by atoms with Gasteiger partial charge in [-0.15, -0.1) is 0 Å². The number of rotatable bonds is 5. The van der Waals surface area contributed by atoms with Gasteiger partial charge >= 0.3 is 12.4 Å². The van der Waals surface area contributed by atoms with Gasteiger partial charge in [0.2, 0.25) is 0 Å². The molecule has 204 valence electrons. The molecule has 4 rings (SSSR count).